The Labute approximate surface area is 89.8 Å². The van der Waals surface area contributed by atoms with Crippen LogP contribution < -0.4 is 5.73 Å². The molecule has 0 bridgehead atoms. The Morgan fingerprint density at radius 1 is 1.27 bits per heavy atom. The molecule has 2 N–H and O–H groups in total. The summed E-state index contributed by atoms with van der Waals surface area (Å²) in [6.45, 7) is 0. The molecule has 0 saturated heterocycles. The molecule has 0 radical (unpaired) electrons. The summed E-state index contributed by atoms with van der Waals surface area (Å²) in [4.78, 5) is 0. The first-order valence-electron chi connectivity index (χ1n) is 5.48. The Morgan fingerprint density at radius 2 is 2.13 bits per heavy atom. The fraction of sp³-hybridized carbons (Fsp3) is 0.385. The molecule has 1 atom stereocenters. The van der Waals surface area contributed by atoms with Gasteiger partial charge in [-0.2, -0.15) is 0 Å². The van der Waals surface area contributed by atoms with E-state index in [1.54, 1.807) is 12.1 Å². The van der Waals surface area contributed by atoms with Gasteiger partial charge in [0.05, 0.1) is 0 Å². The molecule has 0 heterocycles. The third kappa shape index (κ3) is 2.66. The molecule has 0 aliphatic heterocycles. The molecular weight excluding hydrogens is 189 g/mol. The van der Waals surface area contributed by atoms with Crippen molar-refractivity contribution in [3.8, 4) is 0 Å². The molecule has 0 fully saturated rings. The maximum atomic E-state index is 13.1. The fourth-order valence-corrected chi connectivity index (χ4v) is 2.05. The average Bonchev–Trinajstić information content (AvgIpc) is 2.43. The highest BCUT2D eigenvalue weighted by molar-refractivity contribution is 5.66. The van der Waals surface area contributed by atoms with E-state index in [0.29, 0.717) is 0 Å². The number of halogens is 1. The van der Waals surface area contributed by atoms with Gasteiger partial charge < -0.3 is 5.73 Å². The monoisotopic (exact) mass is 205 g/mol. The zero-order valence-electron chi connectivity index (χ0n) is 8.75. The lowest BCUT2D eigenvalue weighted by Crippen LogP contribution is -2.15. The molecule has 1 aromatic carbocycles. The summed E-state index contributed by atoms with van der Waals surface area (Å²) < 4.78 is 13.1. The van der Waals surface area contributed by atoms with Crippen LogP contribution in [-0.2, 0) is 0 Å². The molecule has 1 aromatic rings. The first-order chi connectivity index (χ1) is 7.25. The van der Waals surface area contributed by atoms with E-state index in [2.05, 4.69) is 6.08 Å². The molecule has 0 saturated carbocycles. The number of hydrogen-bond donors (Lipinski definition) is 1. The minimum Gasteiger partial charge on any atom is -0.324 e. The summed E-state index contributed by atoms with van der Waals surface area (Å²) in [7, 11) is 0. The summed E-state index contributed by atoms with van der Waals surface area (Å²) in [6, 6.07) is 6.89. The Morgan fingerprint density at radius 3 is 2.93 bits per heavy atom. The van der Waals surface area contributed by atoms with E-state index in [1.165, 1.54) is 11.6 Å². The highest BCUT2D eigenvalue weighted by Crippen LogP contribution is 2.25. The molecule has 1 unspecified atom stereocenters. The van der Waals surface area contributed by atoms with Crippen LogP contribution in [0, 0.1) is 5.82 Å². The summed E-state index contributed by atoms with van der Waals surface area (Å²) >= 11 is 0. The first-order valence-corrected chi connectivity index (χ1v) is 5.48. The summed E-state index contributed by atoms with van der Waals surface area (Å²) in [5, 5.41) is 0. The predicted octanol–water partition coefficient (Wildman–Crippen LogP) is 3.11. The van der Waals surface area contributed by atoms with E-state index < -0.39 is 0 Å². The van der Waals surface area contributed by atoms with Crippen LogP contribution in [0.1, 0.15) is 31.2 Å². The van der Waals surface area contributed by atoms with Gasteiger partial charge in [0.2, 0.25) is 0 Å². The van der Waals surface area contributed by atoms with Crippen molar-refractivity contribution in [2.24, 2.45) is 5.73 Å². The maximum Gasteiger partial charge on any atom is 0.123 e. The van der Waals surface area contributed by atoms with Crippen LogP contribution in [0.4, 0.5) is 4.39 Å². The van der Waals surface area contributed by atoms with Crippen LogP contribution in [0.2, 0.25) is 0 Å². The van der Waals surface area contributed by atoms with Crippen molar-refractivity contribution in [3.05, 3.63) is 41.7 Å². The molecule has 0 spiro atoms. The second-order valence-corrected chi connectivity index (χ2v) is 4.11. The van der Waals surface area contributed by atoms with E-state index >= 15 is 0 Å². The molecule has 15 heavy (non-hydrogen) atoms. The van der Waals surface area contributed by atoms with Gasteiger partial charge in [0, 0.05) is 6.04 Å². The number of benzene rings is 1. The van der Waals surface area contributed by atoms with Gasteiger partial charge >= 0.3 is 0 Å². The molecule has 1 nitrogen and oxygen atoms in total. The van der Waals surface area contributed by atoms with Crippen LogP contribution >= 0.6 is 0 Å². The summed E-state index contributed by atoms with van der Waals surface area (Å²) in [5.41, 5.74) is 8.10. The highest BCUT2D eigenvalue weighted by Gasteiger charge is 2.10. The number of allylic oxidation sites excluding steroid dienone is 1. The van der Waals surface area contributed by atoms with Gasteiger partial charge in [0.1, 0.15) is 5.82 Å². The van der Waals surface area contributed by atoms with Crippen LogP contribution in [-0.4, -0.2) is 6.04 Å². The average molecular weight is 205 g/mol. The second kappa shape index (κ2) is 4.58. The molecule has 1 aliphatic carbocycles. The normalized spacial score (nSPS) is 22.0. The van der Waals surface area contributed by atoms with Crippen molar-refractivity contribution in [1.29, 1.82) is 0 Å². The Hall–Kier alpha value is -1.15. The Bertz CT molecular complexity index is 371. The van der Waals surface area contributed by atoms with Gasteiger partial charge in [-0.15, -0.1) is 0 Å². The summed E-state index contributed by atoms with van der Waals surface area (Å²) in [6.07, 6.45) is 6.45. The molecule has 0 amide bonds. The summed E-state index contributed by atoms with van der Waals surface area (Å²) in [5.74, 6) is -0.175. The van der Waals surface area contributed by atoms with Gasteiger partial charge in [-0.25, -0.2) is 4.39 Å². The minimum atomic E-state index is -0.175. The molecule has 1 aliphatic rings. The molecule has 2 heteroatoms. The third-order valence-electron chi connectivity index (χ3n) is 2.84. The fourth-order valence-electron chi connectivity index (χ4n) is 2.05. The lowest BCUT2D eigenvalue weighted by atomic mass is 10.0. The number of rotatable bonds is 1. The van der Waals surface area contributed by atoms with Crippen LogP contribution in [0.3, 0.4) is 0 Å². The maximum absolute atomic E-state index is 13.1. The Balaban J connectivity index is 2.28. The van der Waals surface area contributed by atoms with Crippen LogP contribution in [0.15, 0.2) is 30.3 Å². The van der Waals surface area contributed by atoms with Crippen LogP contribution in [0.25, 0.3) is 5.57 Å². The highest BCUT2D eigenvalue weighted by atomic mass is 19.1. The van der Waals surface area contributed by atoms with E-state index in [4.69, 9.17) is 5.73 Å². The first kappa shape index (κ1) is 10.4. The SMILES string of the molecule is NC1C=C(c2cccc(F)c2)CCCC1. The lowest BCUT2D eigenvalue weighted by Gasteiger charge is -2.06. The van der Waals surface area contributed by atoms with Gasteiger partial charge in [-0.05, 0) is 42.5 Å². The van der Waals surface area contributed by atoms with E-state index in [0.717, 1.165) is 31.2 Å². The van der Waals surface area contributed by atoms with Crippen molar-refractivity contribution in [1.82, 2.24) is 0 Å². The van der Waals surface area contributed by atoms with E-state index in [-0.39, 0.29) is 11.9 Å². The quantitative estimate of drug-likeness (QED) is 0.749. The van der Waals surface area contributed by atoms with E-state index in [9.17, 15) is 4.39 Å². The van der Waals surface area contributed by atoms with Gasteiger partial charge in [0.15, 0.2) is 0 Å². The zero-order valence-corrected chi connectivity index (χ0v) is 8.75. The van der Waals surface area contributed by atoms with Crippen molar-refractivity contribution in [2.75, 3.05) is 0 Å². The number of nitrogens with two attached hydrogens (primary N) is 1. The molecule has 0 aromatic heterocycles. The third-order valence-corrected chi connectivity index (χ3v) is 2.84. The second-order valence-electron chi connectivity index (χ2n) is 4.11. The standard InChI is InChI=1S/C13H16FN/c14-12-6-3-5-10(8-12)11-4-1-2-7-13(15)9-11/h3,5-6,8-9,13H,1-2,4,7,15H2. The lowest BCUT2D eigenvalue weighted by molar-refractivity contribution is 0.627. The molecule has 80 valence electrons. The number of hydrogen-bond acceptors (Lipinski definition) is 1. The van der Waals surface area contributed by atoms with Gasteiger partial charge in [-0.1, -0.05) is 24.6 Å². The largest absolute Gasteiger partial charge is 0.324 e. The molecular formula is C13H16FN. The van der Waals surface area contributed by atoms with Crippen LogP contribution in [0.5, 0.6) is 0 Å². The minimum absolute atomic E-state index is 0.130. The van der Waals surface area contributed by atoms with Crippen molar-refractivity contribution < 1.29 is 4.39 Å². The van der Waals surface area contributed by atoms with E-state index in [1.807, 2.05) is 6.07 Å². The van der Waals surface area contributed by atoms with Crippen molar-refractivity contribution >= 4 is 5.57 Å². The smallest absolute Gasteiger partial charge is 0.123 e. The van der Waals surface area contributed by atoms with Crippen molar-refractivity contribution in [2.45, 2.75) is 31.7 Å². The van der Waals surface area contributed by atoms with Crippen molar-refractivity contribution in [3.63, 3.8) is 0 Å². The predicted molar refractivity (Wildman–Crippen MR) is 60.8 cm³/mol. The topological polar surface area (TPSA) is 26.0 Å². The van der Waals surface area contributed by atoms with Gasteiger partial charge in [0.25, 0.3) is 0 Å². The zero-order chi connectivity index (χ0) is 10.7. The molecule has 2 rings (SSSR count). The van der Waals surface area contributed by atoms with Gasteiger partial charge in [-0.3, -0.25) is 0 Å². The Kier molecular flexibility index (Phi) is 3.17.